The topological polar surface area (TPSA) is 94.3 Å². The van der Waals surface area contributed by atoms with Crippen LogP contribution in [0.2, 0.25) is 0 Å². The summed E-state index contributed by atoms with van der Waals surface area (Å²) in [5.41, 5.74) is 2.34. The standard InChI is InChI=1S/C24H23N3O4S/c1-3-16-13-20(26-30-16)19-8-6-9-22(24(19)28-2)29-12-5-4-7-17-14-21(27-31-17)23-11-10-18(15-25)32-23/h6,8-11,13-14H,3-5,7,12H2,1-2H3. The van der Waals surface area contributed by atoms with Gasteiger partial charge in [-0.3, -0.25) is 0 Å². The maximum absolute atomic E-state index is 8.96. The van der Waals surface area contributed by atoms with Crippen molar-refractivity contribution >= 4 is 11.3 Å². The lowest BCUT2D eigenvalue weighted by molar-refractivity contribution is 0.284. The van der Waals surface area contributed by atoms with E-state index in [1.807, 2.05) is 43.3 Å². The second-order valence-electron chi connectivity index (χ2n) is 7.13. The maximum atomic E-state index is 8.96. The second-order valence-corrected chi connectivity index (χ2v) is 8.21. The number of aromatic nitrogens is 2. The summed E-state index contributed by atoms with van der Waals surface area (Å²) in [7, 11) is 1.63. The Labute approximate surface area is 190 Å². The van der Waals surface area contributed by atoms with E-state index in [1.165, 1.54) is 11.3 Å². The van der Waals surface area contributed by atoms with Crippen LogP contribution in [0.1, 0.15) is 36.2 Å². The van der Waals surface area contributed by atoms with Crippen LogP contribution in [0, 0.1) is 11.3 Å². The Morgan fingerprint density at radius 1 is 1.03 bits per heavy atom. The highest BCUT2D eigenvalue weighted by Gasteiger charge is 2.15. The molecule has 0 aliphatic rings. The number of nitriles is 1. The Morgan fingerprint density at radius 3 is 2.59 bits per heavy atom. The van der Waals surface area contributed by atoms with Crippen molar-refractivity contribution in [3.63, 3.8) is 0 Å². The first kappa shape index (κ1) is 21.7. The fourth-order valence-corrected chi connectivity index (χ4v) is 4.07. The zero-order valence-corrected chi connectivity index (χ0v) is 18.8. The summed E-state index contributed by atoms with van der Waals surface area (Å²) < 4.78 is 22.4. The predicted molar refractivity (Wildman–Crippen MR) is 121 cm³/mol. The molecule has 0 radical (unpaired) electrons. The van der Waals surface area contributed by atoms with Gasteiger partial charge >= 0.3 is 0 Å². The van der Waals surface area contributed by atoms with Crippen LogP contribution in [0.5, 0.6) is 11.5 Å². The molecular formula is C24H23N3O4S. The Morgan fingerprint density at radius 2 is 1.84 bits per heavy atom. The van der Waals surface area contributed by atoms with Gasteiger partial charge in [-0.2, -0.15) is 5.26 Å². The Balaban J connectivity index is 1.30. The molecule has 3 heterocycles. The number of para-hydroxylation sites is 1. The van der Waals surface area contributed by atoms with E-state index in [0.29, 0.717) is 23.0 Å². The van der Waals surface area contributed by atoms with Gasteiger partial charge in [-0.25, -0.2) is 0 Å². The van der Waals surface area contributed by atoms with E-state index in [0.717, 1.165) is 59.0 Å². The zero-order valence-electron chi connectivity index (χ0n) is 18.0. The number of hydrogen-bond acceptors (Lipinski definition) is 8. The monoisotopic (exact) mass is 449 g/mol. The fraction of sp³-hybridized carbons (Fsp3) is 0.292. The number of methoxy groups -OCH3 is 1. The number of benzene rings is 1. The van der Waals surface area contributed by atoms with Crippen molar-refractivity contribution in [1.29, 1.82) is 5.26 Å². The number of hydrogen-bond donors (Lipinski definition) is 0. The molecule has 0 saturated carbocycles. The van der Waals surface area contributed by atoms with Crippen LogP contribution in [0.4, 0.5) is 0 Å². The molecule has 0 unspecified atom stereocenters. The van der Waals surface area contributed by atoms with E-state index in [2.05, 4.69) is 16.4 Å². The molecule has 0 atom stereocenters. The van der Waals surface area contributed by atoms with Crippen LogP contribution in [-0.2, 0) is 12.8 Å². The van der Waals surface area contributed by atoms with Crippen LogP contribution >= 0.6 is 11.3 Å². The van der Waals surface area contributed by atoms with Crippen LogP contribution in [-0.4, -0.2) is 24.0 Å². The van der Waals surface area contributed by atoms with Crippen molar-refractivity contribution in [2.24, 2.45) is 0 Å². The average molecular weight is 450 g/mol. The third kappa shape index (κ3) is 4.84. The van der Waals surface area contributed by atoms with Gasteiger partial charge in [-0.1, -0.05) is 23.3 Å². The molecule has 3 aromatic heterocycles. The van der Waals surface area contributed by atoms with E-state index < -0.39 is 0 Å². The van der Waals surface area contributed by atoms with E-state index in [1.54, 1.807) is 13.2 Å². The van der Waals surface area contributed by atoms with Gasteiger partial charge in [-0.05, 0) is 37.1 Å². The highest BCUT2D eigenvalue weighted by molar-refractivity contribution is 7.15. The quantitative estimate of drug-likeness (QED) is 0.278. The van der Waals surface area contributed by atoms with E-state index in [9.17, 15) is 0 Å². The molecule has 4 aromatic rings. The Bertz CT molecular complexity index is 1220. The number of ether oxygens (including phenoxy) is 2. The molecular weight excluding hydrogens is 426 g/mol. The van der Waals surface area contributed by atoms with Gasteiger partial charge in [0.15, 0.2) is 11.5 Å². The normalized spacial score (nSPS) is 10.8. The van der Waals surface area contributed by atoms with Gasteiger partial charge in [0, 0.05) is 30.5 Å². The molecule has 0 aliphatic heterocycles. The van der Waals surface area contributed by atoms with Gasteiger partial charge in [0.2, 0.25) is 0 Å². The van der Waals surface area contributed by atoms with Gasteiger partial charge < -0.3 is 18.5 Å². The first-order chi connectivity index (χ1) is 15.7. The lowest BCUT2D eigenvalue weighted by atomic mass is 10.1. The van der Waals surface area contributed by atoms with Crippen molar-refractivity contribution in [3.05, 3.63) is 58.9 Å². The van der Waals surface area contributed by atoms with E-state index in [4.69, 9.17) is 23.8 Å². The summed E-state index contributed by atoms with van der Waals surface area (Å²) in [6, 6.07) is 15.4. The average Bonchev–Trinajstić information content (AvgIpc) is 3.58. The third-order valence-corrected chi connectivity index (χ3v) is 5.98. The summed E-state index contributed by atoms with van der Waals surface area (Å²) in [5.74, 6) is 2.98. The largest absolute Gasteiger partial charge is 0.492 e. The summed E-state index contributed by atoms with van der Waals surface area (Å²) >= 11 is 1.41. The van der Waals surface area contributed by atoms with E-state index >= 15 is 0 Å². The van der Waals surface area contributed by atoms with Gasteiger partial charge in [0.25, 0.3) is 0 Å². The summed E-state index contributed by atoms with van der Waals surface area (Å²) in [6.45, 7) is 2.57. The first-order valence-corrected chi connectivity index (χ1v) is 11.2. The molecule has 0 saturated heterocycles. The minimum Gasteiger partial charge on any atom is -0.492 e. The molecule has 0 bridgehead atoms. The zero-order chi connectivity index (χ0) is 22.3. The number of nitrogens with zero attached hydrogens (tertiary/aromatic N) is 3. The third-order valence-electron chi connectivity index (χ3n) is 4.97. The minimum absolute atomic E-state index is 0.552. The van der Waals surface area contributed by atoms with Crippen molar-refractivity contribution in [2.75, 3.05) is 13.7 Å². The number of unbranched alkanes of at least 4 members (excludes halogenated alkanes) is 1. The van der Waals surface area contributed by atoms with E-state index in [-0.39, 0.29) is 0 Å². The molecule has 0 aliphatic carbocycles. The number of thiophene rings is 1. The SMILES string of the molecule is CCc1cc(-c2cccc(OCCCCc3cc(-c4ccc(C#N)s4)no3)c2OC)no1. The Hall–Kier alpha value is -3.57. The maximum Gasteiger partial charge on any atom is 0.170 e. The summed E-state index contributed by atoms with van der Waals surface area (Å²) in [6.07, 6.45) is 3.30. The highest BCUT2D eigenvalue weighted by atomic mass is 32.1. The first-order valence-electron chi connectivity index (χ1n) is 10.4. The molecule has 0 spiro atoms. The van der Waals surface area contributed by atoms with Crippen molar-refractivity contribution in [3.8, 4) is 39.4 Å². The number of aryl methyl sites for hydroxylation is 2. The molecule has 164 valence electrons. The minimum atomic E-state index is 0.552. The van der Waals surface area contributed by atoms with Gasteiger partial charge in [0.05, 0.1) is 18.6 Å². The smallest absolute Gasteiger partial charge is 0.170 e. The van der Waals surface area contributed by atoms with Gasteiger partial charge in [0.1, 0.15) is 33.9 Å². The van der Waals surface area contributed by atoms with Crippen LogP contribution in [0.3, 0.4) is 0 Å². The fourth-order valence-electron chi connectivity index (χ4n) is 3.31. The molecule has 7 nitrogen and oxygen atoms in total. The summed E-state index contributed by atoms with van der Waals surface area (Å²) in [4.78, 5) is 1.60. The highest BCUT2D eigenvalue weighted by Crippen LogP contribution is 2.37. The van der Waals surface area contributed by atoms with Crippen molar-refractivity contribution < 1.29 is 18.5 Å². The molecule has 1 aromatic carbocycles. The Kier molecular flexibility index (Phi) is 6.87. The molecule has 0 amide bonds. The van der Waals surface area contributed by atoms with Crippen LogP contribution in [0.15, 0.2) is 51.5 Å². The van der Waals surface area contributed by atoms with Crippen LogP contribution in [0.25, 0.3) is 21.8 Å². The number of rotatable bonds is 10. The molecule has 4 rings (SSSR count). The van der Waals surface area contributed by atoms with Crippen molar-refractivity contribution in [1.82, 2.24) is 10.3 Å². The second kappa shape index (κ2) is 10.2. The van der Waals surface area contributed by atoms with Crippen molar-refractivity contribution in [2.45, 2.75) is 32.6 Å². The molecule has 8 heteroatoms. The molecule has 0 fully saturated rings. The molecule has 0 N–H and O–H groups in total. The summed E-state index contributed by atoms with van der Waals surface area (Å²) in [5, 5.41) is 17.2. The molecule has 32 heavy (non-hydrogen) atoms. The predicted octanol–water partition coefficient (Wildman–Crippen LogP) is 5.90. The van der Waals surface area contributed by atoms with Crippen LogP contribution < -0.4 is 9.47 Å². The lowest BCUT2D eigenvalue weighted by Gasteiger charge is -2.13. The lowest BCUT2D eigenvalue weighted by Crippen LogP contribution is -2.01. The van der Waals surface area contributed by atoms with Gasteiger partial charge in [-0.15, -0.1) is 11.3 Å².